The Labute approximate surface area is 68.5 Å². The van der Waals surface area contributed by atoms with Gasteiger partial charge in [0.15, 0.2) is 0 Å². The van der Waals surface area contributed by atoms with Gasteiger partial charge in [0.25, 0.3) is 0 Å². The summed E-state index contributed by atoms with van der Waals surface area (Å²) in [6, 6.07) is 0. The van der Waals surface area contributed by atoms with Crippen LogP contribution in [0.25, 0.3) is 0 Å². The van der Waals surface area contributed by atoms with Crippen LogP contribution in [0.15, 0.2) is 12.4 Å². The van der Waals surface area contributed by atoms with Gasteiger partial charge in [0, 0.05) is 11.2 Å². The van der Waals surface area contributed by atoms with Gasteiger partial charge in [0.2, 0.25) is 0 Å². The van der Waals surface area contributed by atoms with Gasteiger partial charge in [-0.15, -0.1) is 6.20 Å². The van der Waals surface area contributed by atoms with Crippen LogP contribution >= 0.6 is 11.6 Å². The smallest absolute Gasteiger partial charge is 0.581 e. The quantitative estimate of drug-likeness (QED) is 0.364. The summed E-state index contributed by atoms with van der Waals surface area (Å²) in [4.78, 5) is 0. The van der Waals surface area contributed by atoms with Crippen LogP contribution in [-0.4, -0.2) is 5.10 Å². The third-order valence-electron chi connectivity index (χ3n) is 0.429. The van der Waals surface area contributed by atoms with Gasteiger partial charge in [0.1, 0.15) is 0 Å². The molecule has 0 aliphatic carbocycles. The zero-order valence-electron chi connectivity index (χ0n) is 3.93. The molecule has 0 bridgehead atoms. The Morgan fingerprint density at radius 1 is 1.71 bits per heavy atom. The van der Waals surface area contributed by atoms with E-state index in [2.05, 4.69) is 10.2 Å². The maximum absolute atomic E-state index is 5.33. The normalized spacial score (nSPS) is 7.57. The van der Waals surface area contributed by atoms with E-state index in [0.29, 0.717) is 5.02 Å². The number of nitrogens with zero attached hydrogens (tertiary/aromatic N) is 2. The van der Waals surface area contributed by atoms with Gasteiger partial charge >= 0.3 is 29.6 Å². The number of hydrogen-bond acceptors (Lipinski definition) is 1. The second-order valence-electron chi connectivity index (χ2n) is 0.874. The molecule has 0 aromatic carbocycles. The predicted octanol–water partition coefficient (Wildman–Crippen LogP) is -2.30. The zero-order chi connectivity index (χ0) is 4.41. The number of hydrogen-bond donors (Lipinski definition) is 0. The first kappa shape index (κ1) is 7.50. The molecule has 4 heteroatoms. The predicted molar refractivity (Wildman–Crippen MR) is 22.6 cm³/mol. The molecule has 1 heterocycles. The van der Waals surface area contributed by atoms with E-state index in [1.54, 1.807) is 0 Å². The molecular formula is C3H2ClN2Na. The molecule has 0 saturated carbocycles. The summed E-state index contributed by atoms with van der Waals surface area (Å²) >= 11 is 5.33. The van der Waals surface area contributed by atoms with Crippen molar-refractivity contribution in [3.05, 3.63) is 17.4 Å². The average molecular weight is 125 g/mol. The number of rotatable bonds is 0. The molecule has 32 valence electrons. The third kappa shape index (κ3) is 2.34. The zero-order valence-corrected chi connectivity index (χ0v) is 6.68. The first-order valence-electron chi connectivity index (χ1n) is 1.48. The summed E-state index contributed by atoms with van der Waals surface area (Å²) < 4.78 is 0. The Morgan fingerprint density at radius 2 is 2.43 bits per heavy atom. The second kappa shape index (κ2) is 3.50. The van der Waals surface area contributed by atoms with Crippen molar-refractivity contribution in [2.24, 2.45) is 0 Å². The van der Waals surface area contributed by atoms with E-state index in [4.69, 9.17) is 11.6 Å². The molecule has 0 spiro atoms. The third-order valence-corrected chi connectivity index (χ3v) is 0.624. The van der Waals surface area contributed by atoms with E-state index in [-0.39, 0.29) is 29.6 Å². The molecule has 7 heavy (non-hydrogen) atoms. The molecule has 1 aromatic heterocycles. The van der Waals surface area contributed by atoms with Crippen LogP contribution in [0.5, 0.6) is 0 Å². The van der Waals surface area contributed by atoms with Crippen molar-refractivity contribution in [2.45, 2.75) is 0 Å². The van der Waals surface area contributed by atoms with Crippen LogP contribution in [0.4, 0.5) is 0 Å². The summed E-state index contributed by atoms with van der Waals surface area (Å²) in [7, 11) is 0. The van der Waals surface area contributed by atoms with Crippen molar-refractivity contribution in [1.29, 1.82) is 0 Å². The number of aromatic nitrogens is 2. The minimum Gasteiger partial charge on any atom is -0.581 e. The minimum atomic E-state index is 0. The second-order valence-corrected chi connectivity index (χ2v) is 1.31. The van der Waals surface area contributed by atoms with Gasteiger partial charge in [-0.3, -0.25) is 0 Å². The Morgan fingerprint density at radius 3 is 2.57 bits per heavy atom. The van der Waals surface area contributed by atoms with Gasteiger partial charge < -0.3 is 10.2 Å². The van der Waals surface area contributed by atoms with Crippen molar-refractivity contribution in [3.8, 4) is 0 Å². The van der Waals surface area contributed by atoms with Crippen LogP contribution in [0.2, 0.25) is 5.02 Å². The van der Waals surface area contributed by atoms with Gasteiger partial charge in [-0.2, -0.15) is 0 Å². The van der Waals surface area contributed by atoms with Crippen molar-refractivity contribution in [1.82, 2.24) is 10.2 Å². The molecule has 0 amide bonds. The Balaban J connectivity index is 0.000000360. The maximum atomic E-state index is 5.33. The topological polar surface area (TPSA) is 27.0 Å². The fraction of sp³-hybridized carbons (Fsp3) is 0. The van der Waals surface area contributed by atoms with Crippen LogP contribution in [0, 0.1) is 0 Å². The van der Waals surface area contributed by atoms with E-state index in [1.165, 1.54) is 12.4 Å². The van der Waals surface area contributed by atoms with Crippen molar-refractivity contribution in [2.75, 3.05) is 0 Å². The van der Waals surface area contributed by atoms with E-state index >= 15 is 0 Å². The summed E-state index contributed by atoms with van der Waals surface area (Å²) in [5, 5.41) is 7.47. The average Bonchev–Trinajstić information content (AvgIpc) is 1.86. The van der Waals surface area contributed by atoms with E-state index in [0.717, 1.165) is 0 Å². The van der Waals surface area contributed by atoms with Crippen LogP contribution in [0.1, 0.15) is 0 Å². The molecule has 1 aromatic rings. The largest absolute Gasteiger partial charge is 1.00 e. The maximum Gasteiger partial charge on any atom is 1.00 e. The molecule has 0 aliphatic heterocycles. The molecule has 2 nitrogen and oxygen atoms in total. The molecule has 0 radical (unpaired) electrons. The van der Waals surface area contributed by atoms with Crippen LogP contribution in [0.3, 0.4) is 0 Å². The van der Waals surface area contributed by atoms with Gasteiger partial charge in [0.05, 0.1) is 0 Å². The summed E-state index contributed by atoms with van der Waals surface area (Å²) in [5.74, 6) is 0. The van der Waals surface area contributed by atoms with Crippen molar-refractivity contribution in [3.63, 3.8) is 0 Å². The fourth-order valence-electron chi connectivity index (χ4n) is 0.210. The van der Waals surface area contributed by atoms with Crippen LogP contribution < -0.4 is 34.7 Å². The molecule has 0 atom stereocenters. The van der Waals surface area contributed by atoms with E-state index < -0.39 is 0 Å². The molecule has 0 aliphatic rings. The van der Waals surface area contributed by atoms with Gasteiger partial charge in [-0.1, -0.05) is 11.6 Å². The van der Waals surface area contributed by atoms with E-state index in [1.807, 2.05) is 0 Å². The Kier molecular flexibility index (Phi) is 3.75. The molecule has 0 unspecified atom stereocenters. The standard InChI is InChI=1S/C3H2ClN2.Na/c4-3-1-5-6-2-3;/h1-2H;/q-1;+1. The van der Waals surface area contributed by atoms with Crippen molar-refractivity contribution < 1.29 is 29.6 Å². The first-order chi connectivity index (χ1) is 2.89. The van der Waals surface area contributed by atoms with Gasteiger partial charge in [-0.05, 0) is 0 Å². The number of halogens is 1. The molecule has 0 N–H and O–H groups in total. The summed E-state index contributed by atoms with van der Waals surface area (Å²) in [6.07, 6.45) is 2.98. The van der Waals surface area contributed by atoms with Gasteiger partial charge in [-0.25, -0.2) is 0 Å². The monoisotopic (exact) mass is 124 g/mol. The molecule has 0 fully saturated rings. The molecule has 1 rings (SSSR count). The fourth-order valence-corrected chi connectivity index (χ4v) is 0.298. The SMILES string of the molecule is Clc1cn[n-]c1.[Na+]. The Bertz CT molecular complexity index is 116. The summed E-state index contributed by atoms with van der Waals surface area (Å²) in [5.41, 5.74) is 0. The van der Waals surface area contributed by atoms with Crippen molar-refractivity contribution >= 4 is 11.6 Å². The molecular weight excluding hydrogens is 122 g/mol. The molecule has 0 saturated heterocycles. The van der Waals surface area contributed by atoms with Crippen LogP contribution in [-0.2, 0) is 0 Å². The summed E-state index contributed by atoms with van der Waals surface area (Å²) in [6.45, 7) is 0. The Hall–Kier alpha value is 0.500. The minimum absolute atomic E-state index is 0. The first-order valence-corrected chi connectivity index (χ1v) is 1.86. The van der Waals surface area contributed by atoms with E-state index in [9.17, 15) is 0 Å².